The Labute approximate surface area is 75.0 Å². The summed E-state index contributed by atoms with van der Waals surface area (Å²) in [6, 6.07) is 0. The second-order valence-electron chi connectivity index (χ2n) is 2.21. The fourth-order valence-electron chi connectivity index (χ4n) is 0.498. The molecule has 0 rings (SSSR count). The lowest BCUT2D eigenvalue weighted by atomic mass is 10.2. The van der Waals surface area contributed by atoms with Crippen LogP contribution in [0.3, 0.4) is 0 Å². The van der Waals surface area contributed by atoms with Crippen LogP contribution in [0.15, 0.2) is 0 Å². The molecule has 0 aliphatic heterocycles. The SMILES string of the molecule is CC(Br)CC(Cl)C(C)Cl. The molecule has 0 fully saturated rings. The van der Waals surface area contributed by atoms with Gasteiger partial charge in [-0.25, -0.2) is 0 Å². The van der Waals surface area contributed by atoms with Crippen LogP contribution in [0.1, 0.15) is 20.3 Å². The van der Waals surface area contributed by atoms with Crippen molar-refractivity contribution in [2.24, 2.45) is 0 Å². The van der Waals surface area contributed by atoms with E-state index in [4.69, 9.17) is 23.2 Å². The van der Waals surface area contributed by atoms with E-state index in [9.17, 15) is 0 Å². The van der Waals surface area contributed by atoms with E-state index in [-0.39, 0.29) is 10.8 Å². The molecule has 0 spiro atoms. The number of hydrogen-bond acceptors (Lipinski definition) is 0. The quantitative estimate of drug-likeness (QED) is 0.656. The standard InChI is InChI=1S/C6H11BrCl2/c1-4(7)3-6(9)5(2)8/h4-6H,3H2,1-2H3. The van der Waals surface area contributed by atoms with Crippen molar-refractivity contribution in [3.63, 3.8) is 0 Å². The van der Waals surface area contributed by atoms with Crippen molar-refractivity contribution < 1.29 is 0 Å². The summed E-state index contributed by atoms with van der Waals surface area (Å²) in [6.07, 6.45) is 0.923. The minimum Gasteiger partial charge on any atom is -0.122 e. The molecule has 3 atom stereocenters. The van der Waals surface area contributed by atoms with Crippen LogP contribution in [-0.4, -0.2) is 15.6 Å². The van der Waals surface area contributed by atoms with E-state index in [0.29, 0.717) is 4.83 Å². The first kappa shape index (κ1) is 10.1. The van der Waals surface area contributed by atoms with E-state index < -0.39 is 0 Å². The number of hydrogen-bond donors (Lipinski definition) is 0. The lowest BCUT2D eigenvalue weighted by Gasteiger charge is -2.11. The summed E-state index contributed by atoms with van der Waals surface area (Å²) in [5.74, 6) is 0. The molecule has 56 valence electrons. The van der Waals surface area contributed by atoms with Crippen LogP contribution in [0.4, 0.5) is 0 Å². The summed E-state index contributed by atoms with van der Waals surface area (Å²) >= 11 is 15.0. The van der Waals surface area contributed by atoms with Gasteiger partial charge < -0.3 is 0 Å². The third-order valence-electron chi connectivity index (χ3n) is 1.05. The van der Waals surface area contributed by atoms with E-state index in [1.807, 2.05) is 6.92 Å². The normalized spacial score (nSPS) is 21.0. The highest BCUT2D eigenvalue weighted by Crippen LogP contribution is 2.18. The van der Waals surface area contributed by atoms with Crippen LogP contribution in [0.5, 0.6) is 0 Å². The van der Waals surface area contributed by atoms with Crippen molar-refractivity contribution in [2.75, 3.05) is 0 Å². The van der Waals surface area contributed by atoms with Crippen LogP contribution >= 0.6 is 39.1 Å². The van der Waals surface area contributed by atoms with Crippen molar-refractivity contribution in [1.82, 2.24) is 0 Å². The molecule has 9 heavy (non-hydrogen) atoms. The van der Waals surface area contributed by atoms with E-state index in [0.717, 1.165) is 6.42 Å². The van der Waals surface area contributed by atoms with E-state index in [2.05, 4.69) is 22.9 Å². The smallest absolute Gasteiger partial charge is 0.0507 e. The zero-order chi connectivity index (χ0) is 7.44. The van der Waals surface area contributed by atoms with Crippen molar-refractivity contribution in [2.45, 2.75) is 35.8 Å². The maximum Gasteiger partial charge on any atom is 0.0507 e. The minimum absolute atomic E-state index is 0.0617. The lowest BCUT2D eigenvalue weighted by molar-refractivity contribution is 0.735. The molecule has 3 unspecified atom stereocenters. The van der Waals surface area contributed by atoms with Crippen molar-refractivity contribution in [1.29, 1.82) is 0 Å². The third kappa shape index (κ3) is 5.50. The average molecular weight is 234 g/mol. The lowest BCUT2D eigenvalue weighted by Crippen LogP contribution is -2.14. The molecule has 0 amide bonds. The fourth-order valence-corrected chi connectivity index (χ4v) is 1.49. The fraction of sp³-hybridized carbons (Fsp3) is 1.00. The second kappa shape index (κ2) is 4.81. The molecular weight excluding hydrogens is 223 g/mol. The number of alkyl halides is 3. The Morgan fingerprint density at radius 2 is 1.78 bits per heavy atom. The van der Waals surface area contributed by atoms with Crippen molar-refractivity contribution >= 4 is 39.1 Å². The molecule has 0 aromatic heterocycles. The maximum absolute atomic E-state index is 5.85. The highest BCUT2D eigenvalue weighted by atomic mass is 79.9. The zero-order valence-electron chi connectivity index (χ0n) is 5.57. The van der Waals surface area contributed by atoms with Gasteiger partial charge in [0.1, 0.15) is 0 Å². The summed E-state index contributed by atoms with van der Waals surface area (Å²) < 4.78 is 0. The summed E-state index contributed by atoms with van der Waals surface area (Å²) in [4.78, 5) is 0.459. The first-order valence-corrected chi connectivity index (χ1v) is 4.75. The number of halogens is 3. The van der Waals surface area contributed by atoms with Crippen LogP contribution in [0.25, 0.3) is 0 Å². The first-order chi connectivity index (χ1) is 4.04. The molecule has 0 aromatic rings. The van der Waals surface area contributed by atoms with Crippen LogP contribution < -0.4 is 0 Å². The summed E-state index contributed by atoms with van der Waals surface area (Å²) in [5, 5.41) is 0.146. The maximum atomic E-state index is 5.85. The van der Waals surface area contributed by atoms with E-state index in [1.54, 1.807) is 0 Å². The van der Waals surface area contributed by atoms with Gasteiger partial charge in [0, 0.05) is 10.2 Å². The van der Waals surface area contributed by atoms with Gasteiger partial charge in [0.15, 0.2) is 0 Å². The van der Waals surface area contributed by atoms with Gasteiger partial charge in [-0.2, -0.15) is 0 Å². The van der Waals surface area contributed by atoms with Crippen LogP contribution in [-0.2, 0) is 0 Å². The molecule has 0 saturated heterocycles. The molecule has 0 heterocycles. The second-order valence-corrected chi connectivity index (χ2v) is 5.02. The summed E-state index contributed by atoms with van der Waals surface area (Å²) in [5.41, 5.74) is 0. The van der Waals surface area contributed by atoms with E-state index >= 15 is 0 Å². The Morgan fingerprint density at radius 3 is 1.89 bits per heavy atom. The first-order valence-electron chi connectivity index (χ1n) is 2.96. The minimum atomic E-state index is 0.0617. The molecule has 0 aromatic carbocycles. The molecule has 0 saturated carbocycles. The highest BCUT2D eigenvalue weighted by Gasteiger charge is 2.12. The van der Waals surface area contributed by atoms with Gasteiger partial charge >= 0.3 is 0 Å². The van der Waals surface area contributed by atoms with Gasteiger partial charge in [-0.3, -0.25) is 0 Å². The Morgan fingerprint density at radius 1 is 1.33 bits per heavy atom. The van der Waals surface area contributed by atoms with Gasteiger partial charge in [0.05, 0.1) is 5.38 Å². The predicted octanol–water partition coefficient (Wildman–Crippen LogP) is 3.39. The topological polar surface area (TPSA) is 0 Å². The van der Waals surface area contributed by atoms with Gasteiger partial charge in [0.25, 0.3) is 0 Å². The molecule has 0 bridgehead atoms. The molecular formula is C6H11BrCl2. The van der Waals surface area contributed by atoms with Gasteiger partial charge in [-0.1, -0.05) is 22.9 Å². The molecule has 0 radical (unpaired) electrons. The van der Waals surface area contributed by atoms with E-state index in [1.165, 1.54) is 0 Å². The Balaban J connectivity index is 3.38. The molecule has 0 aliphatic rings. The van der Waals surface area contributed by atoms with Gasteiger partial charge in [-0.15, -0.1) is 23.2 Å². The monoisotopic (exact) mass is 232 g/mol. The van der Waals surface area contributed by atoms with Gasteiger partial charge in [-0.05, 0) is 13.3 Å². The summed E-state index contributed by atoms with van der Waals surface area (Å²) in [6.45, 7) is 3.98. The molecule has 0 N–H and O–H groups in total. The Kier molecular flexibility index (Phi) is 5.38. The predicted molar refractivity (Wildman–Crippen MR) is 48.0 cm³/mol. The molecule has 0 aliphatic carbocycles. The van der Waals surface area contributed by atoms with Crippen molar-refractivity contribution in [3.8, 4) is 0 Å². The molecule has 0 nitrogen and oxygen atoms in total. The van der Waals surface area contributed by atoms with Crippen LogP contribution in [0.2, 0.25) is 0 Å². The third-order valence-corrected chi connectivity index (χ3v) is 2.41. The van der Waals surface area contributed by atoms with Crippen LogP contribution in [0, 0.1) is 0 Å². The zero-order valence-corrected chi connectivity index (χ0v) is 8.67. The molecule has 3 heteroatoms. The van der Waals surface area contributed by atoms with Gasteiger partial charge in [0.2, 0.25) is 0 Å². The highest BCUT2D eigenvalue weighted by molar-refractivity contribution is 9.09. The average Bonchev–Trinajstić information content (AvgIpc) is 1.63. The largest absolute Gasteiger partial charge is 0.122 e. The number of rotatable bonds is 3. The summed E-state index contributed by atoms with van der Waals surface area (Å²) in [7, 11) is 0. The Bertz CT molecular complexity index is 73.5. The Hall–Kier alpha value is 1.06. The van der Waals surface area contributed by atoms with Crippen molar-refractivity contribution in [3.05, 3.63) is 0 Å².